The molecular weight excluding hydrogens is 346 g/mol. The molecule has 1 N–H and O–H groups in total. The fraction of sp³-hybridized carbons (Fsp3) is 0.333. The Balaban J connectivity index is 1.41. The number of carbonyl (C=O) groups excluding carboxylic acids is 1. The Bertz CT molecular complexity index is 945. The minimum atomic E-state index is -0.0316. The molecule has 1 amide bonds. The minimum Gasteiger partial charge on any atom is -0.385 e. The Labute approximate surface area is 166 Å². The number of benzene rings is 2. The number of nitrogens with one attached hydrogen (secondary N) is 1. The maximum atomic E-state index is 12.9. The van der Waals surface area contributed by atoms with E-state index < -0.39 is 0 Å². The molecule has 1 aliphatic carbocycles. The van der Waals surface area contributed by atoms with E-state index in [9.17, 15) is 4.79 Å². The molecule has 0 unspecified atom stereocenters. The molecule has 4 nitrogen and oxygen atoms in total. The van der Waals surface area contributed by atoms with Gasteiger partial charge in [0.15, 0.2) is 0 Å². The van der Waals surface area contributed by atoms with Gasteiger partial charge in [0.1, 0.15) is 0 Å². The van der Waals surface area contributed by atoms with Crippen molar-refractivity contribution in [2.24, 2.45) is 5.92 Å². The van der Waals surface area contributed by atoms with Crippen LogP contribution in [-0.2, 0) is 0 Å². The first kappa shape index (κ1) is 18.5. The molecule has 1 heterocycles. The van der Waals surface area contributed by atoms with Crippen LogP contribution in [0.5, 0.6) is 0 Å². The van der Waals surface area contributed by atoms with Crippen LogP contribution in [0.4, 0.5) is 11.4 Å². The number of amides is 1. The molecule has 1 fully saturated rings. The Kier molecular flexibility index (Phi) is 5.56. The maximum Gasteiger partial charge on any atom is 0.258 e. The number of anilines is 2. The van der Waals surface area contributed by atoms with Gasteiger partial charge in [0.2, 0.25) is 0 Å². The predicted octanol–water partition coefficient (Wildman–Crippen LogP) is 5.50. The largest absolute Gasteiger partial charge is 0.385 e. The summed E-state index contributed by atoms with van der Waals surface area (Å²) >= 11 is 0. The van der Waals surface area contributed by atoms with Crippen LogP contribution in [0.15, 0.2) is 60.8 Å². The average molecular weight is 374 g/mol. The highest BCUT2D eigenvalue weighted by Crippen LogP contribution is 2.24. The molecule has 1 saturated carbocycles. The molecular formula is C24H27N3O. The van der Waals surface area contributed by atoms with Crippen LogP contribution in [0.3, 0.4) is 0 Å². The number of aromatic nitrogens is 1. The van der Waals surface area contributed by atoms with Gasteiger partial charge in [0.05, 0.1) is 17.4 Å². The van der Waals surface area contributed by atoms with E-state index in [4.69, 9.17) is 0 Å². The Morgan fingerprint density at radius 1 is 1.07 bits per heavy atom. The number of hydrogen-bond donors (Lipinski definition) is 1. The summed E-state index contributed by atoms with van der Waals surface area (Å²) in [4.78, 5) is 19.0. The number of rotatable bonds is 5. The van der Waals surface area contributed by atoms with Crippen LogP contribution in [0.25, 0.3) is 10.9 Å². The van der Waals surface area contributed by atoms with E-state index in [1.54, 1.807) is 18.1 Å². The van der Waals surface area contributed by atoms with Gasteiger partial charge in [-0.25, -0.2) is 0 Å². The van der Waals surface area contributed by atoms with Crippen molar-refractivity contribution in [2.75, 3.05) is 23.8 Å². The van der Waals surface area contributed by atoms with E-state index in [1.807, 2.05) is 54.6 Å². The lowest BCUT2D eigenvalue weighted by molar-refractivity contribution is 0.0993. The number of carbonyl (C=O) groups is 1. The predicted molar refractivity (Wildman–Crippen MR) is 116 cm³/mol. The maximum absolute atomic E-state index is 12.9. The zero-order valence-corrected chi connectivity index (χ0v) is 16.4. The van der Waals surface area contributed by atoms with Gasteiger partial charge in [0.25, 0.3) is 5.91 Å². The van der Waals surface area contributed by atoms with E-state index >= 15 is 0 Å². The lowest BCUT2D eigenvalue weighted by Gasteiger charge is -2.22. The first-order chi connectivity index (χ1) is 13.7. The standard InChI is InChI=1S/C24H27N3O/c1-27(22-15-20-9-5-6-10-23(20)26-17-22)24(28)19-11-13-21(14-12-19)25-16-18-7-3-2-4-8-18/h5-6,9-15,17-18,25H,2-4,7-8,16H2,1H3. The monoisotopic (exact) mass is 373 g/mol. The molecule has 0 bridgehead atoms. The minimum absolute atomic E-state index is 0.0316. The summed E-state index contributed by atoms with van der Waals surface area (Å²) in [7, 11) is 1.79. The van der Waals surface area contributed by atoms with Crippen molar-refractivity contribution in [2.45, 2.75) is 32.1 Å². The Morgan fingerprint density at radius 3 is 2.61 bits per heavy atom. The van der Waals surface area contributed by atoms with Gasteiger partial charge in [-0.15, -0.1) is 0 Å². The lowest BCUT2D eigenvalue weighted by atomic mass is 9.89. The van der Waals surface area contributed by atoms with Gasteiger partial charge >= 0.3 is 0 Å². The highest BCUT2D eigenvalue weighted by molar-refractivity contribution is 6.06. The molecule has 1 aromatic heterocycles. The highest BCUT2D eigenvalue weighted by atomic mass is 16.2. The van der Waals surface area contributed by atoms with E-state index in [-0.39, 0.29) is 5.91 Å². The van der Waals surface area contributed by atoms with Gasteiger partial charge in [0, 0.05) is 30.2 Å². The van der Waals surface area contributed by atoms with Crippen LogP contribution in [0.1, 0.15) is 42.5 Å². The molecule has 28 heavy (non-hydrogen) atoms. The van der Waals surface area contributed by atoms with E-state index in [0.717, 1.165) is 34.7 Å². The molecule has 0 spiro atoms. The summed E-state index contributed by atoms with van der Waals surface area (Å²) < 4.78 is 0. The van der Waals surface area contributed by atoms with Gasteiger partial charge in [-0.3, -0.25) is 9.78 Å². The third kappa shape index (κ3) is 4.16. The first-order valence-corrected chi connectivity index (χ1v) is 10.2. The molecule has 3 aromatic rings. The molecule has 2 aromatic carbocycles. The quantitative estimate of drug-likeness (QED) is 0.642. The van der Waals surface area contributed by atoms with E-state index in [2.05, 4.69) is 10.3 Å². The van der Waals surface area contributed by atoms with Crippen LogP contribution in [0.2, 0.25) is 0 Å². The van der Waals surface area contributed by atoms with Crippen LogP contribution in [-0.4, -0.2) is 24.5 Å². The van der Waals surface area contributed by atoms with Crippen LogP contribution in [0, 0.1) is 5.92 Å². The summed E-state index contributed by atoms with van der Waals surface area (Å²) in [5.74, 6) is 0.748. The van der Waals surface area contributed by atoms with Crippen molar-refractivity contribution in [1.82, 2.24) is 4.98 Å². The fourth-order valence-corrected chi connectivity index (χ4v) is 3.94. The van der Waals surface area contributed by atoms with E-state index in [0.29, 0.717) is 5.56 Å². The second-order valence-electron chi connectivity index (χ2n) is 7.71. The third-order valence-electron chi connectivity index (χ3n) is 5.72. The molecule has 1 aliphatic rings. The van der Waals surface area contributed by atoms with Crippen molar-refractivity contribution < 1.29 is 4.79 Å². The third-order valence-corrected chi connectivity index (χ3v) is 5.72. The van der Waals surface area contributed by atoms with Crippen molar-refractivity contribution in [1.29, 1.82) is 0 Å². The molecule has 0 aliphatic heterocycles. The Hall–Kier alpha value is -2.88. The van der Waals surface area contributed by atoms with Crippen molar-refractivity contribution in [3.05, 3.63) is 66.4 Å². The topological polar surface area (TPSA) is 45.2 Å². The van der Waals surface area contributed by atoms with Crippen molar-refractivity contribution in [3.8, 4) is 0 Å². The number of hydrogen-bond acceptors (Lipinski definition) is 3. The SMILES string of the molecule is CN(C(=O)c1ccc(NCC2CCCCC2)cc1)c1cnc2ccccc2c1. The van der Waals surface area contributed by atoms with E-state index in [1.165, 1.54) is 32.1 Å². The van der Waals surface area contributed by atoms with Gasteiger partial charge in [-0.1, -0.05) is 37.5 Å². The number of fused-ring (bicyclic) bond motifs is 1. The molecule has 4 rings (SSSR count). The second-order valence-corrected chi connectivity index (χ2v) is 7.71. The zero-order valence-electron chi connectivity index (χ0n) is 16.4. The van der Waals surface area contributed by atoms with Crippen molar-refractivity contribution in [3.63, 3.8) is 0 Å². The van der Waals surface area contributed by atoms with Gasteiger partial charge in [-0.2, -0.15) is 0 Å². The second kappa shape index (κ2) is 8.42. The molecule has 144 valence electrons. The summed E-state index contributed by atoms with van der Waals surface area (Å²) in [6, 6.07) is 17.7. The smallest absolute Gasteiger partial charge is 0.258 e. The summed E-state index contributed by atoms with van der Waals surface area (Å²) in [6.45, 7) is 1.02. The van der Waals surface area contributed by atoms with Crippen LogP contribution < -0.4 is 10.2 Å². The summed E-state index contributed by atoms with van der Waals surface area (Å²) in [5.41, 5.74) is 3.49. The number of para-hydroxylation sites is 1. The van der Waals surface area contributed by atoms with Crippen molar-refractivity contribution >= 4 is 28.2 Å². The first-order valence-electron chi connectivity index (χ1n) is 10.2. The molecule has 4 heteroatoms. The Morgan fingerprint density at radius 2 is 1.82 bits per heavy atom. The van der Waals surface area contributed by atoms with Crippen LogP contribution >= 0.6 is 0 Å². The molecule has 0 saturated heterocycles. The average Bonchev–Trinajstić information content (AvgIpc) is 2.77. The summed E-state index contributed by atoms with van der Waals surface area (Å²) in [5, 5.41) is 4.56. The number of nitrogens with zero attached hydrogens (tertiary/aromatic N) is 2. The highest BCUT2D eigenvalue weighted by Gasteiger charge is 2.15. The molecule has 0 radical (unpaired) electrons. The van der Waals surface area contributed by atoms with Gasteiger partial charge < -0.3 is 10.2 Å². The normalized spacial score (nSPS) is 14.8. The number of pyridine rings is 1. The van der Waals surface area contributed by atoms with Gasteiger partial charge in [-0.05, 0) is 55.2 Å². The summed E-state index contributed by atoms with van der Waals surface area (Å²) in [6.07, 6.45) is 8.50. The molecule has 0 atom stereocenters. The lowest BCUT2D eigenvalue weighted by Crippen LogP contribution is -2.26. The zero-order chi connectivity index (χ0) is 19.3. The fourth-order valence-electron chi connectivity index (χ4n) is 3.94.